The van der Waals surface area contributed by atoms with E-state index in [9.17, 15) is 0 Å². The number of aromatic nitrogens is 3. The molecule has 12 aliphatic rings. The Kier molecular flexibility index (Phi) is 28.7. The molecular formula is C96H132N3+3. The van der Waals surface area contributed by atoms with Gasteiger partial charge in [0.1, 0.15) is 0 Å². The number of rotatable bonds is 0. The molecule has 12 atom stereocenters. The highest BCUT2D eigenvalue weighted by atomic mass is 15.2. The summed E-state index contributed by atoms with van der Waals surface area (Å²) in [4.78, 5) is 0. The van der Waals surface area contributed by atoms with Crippen LogP contribution in [0, 0.1) is 35.5 Å². The molecule has 3 fully saturated rings. The van der Waals surface area contributed by atoms with Crippen molar-refractivity contribution in [2.24, 2.45) is 35.5 Å². The van der Waals surface area contributed by atoms with Crippen molar-refractivity contribution in [1.82, 2.24) is 0 Å². The molecule has 21 rings (SSSR count). The van der Waals surface area contributed by atoms with Crippen LogP contribution in [0.5, 0.6) is 0 Å². The van der Waals surface area contributed by atoms with Crippen LogP contribution in [-0.4, -0.2) is 0 Å². The lowest BCUT2D eigenvalue weighted by atomic mass is 9.64. The third kappa shape index (κ3) is 11.7. The molecule has 0 saturated heterocycles. The predicted molar refractivity (Wildman–Crippen MR) is 428 cm³/mol. The summed E-state index contributed by atoms with van der Waals surface area (Å²) in [6.07, 6.45) is 16.7. The molecule has 3 nitrogen and oxygen atoms in total. The maximum atomic E-state index is 2.74. The molecule has 3 saturated carbocycles. The molecule has 99 heavy (non-hydrogen) atoms. The number of benzene rings is 6. The van der Waals surface area contributed by atoms with Gasteiger partial charge in [-0.3, -0.25) is 0 Å². The van der Waals surface area contributed by atoms with Crippen LogP contribution in [0.4, 0.5) is 0 Å². The molecular weight excluding hydrogens is 1200 g/mol. The van der Waals surface area contributed by atoms with E-state index in [-0.39, 0.29) is 16.6 Å². The van der Waals surface area contributed by atoms with E-state index in [0.29, 0.717) is 0 Å². The summed E-state index contributed by atoms with van der Waals surface area (Å²) in [5, 5.41) is 0. The zero-order valence-corrected chi connectivity index (χ0v) is 66.5. The van der Waals surface area contributed by atoms with Crippen LogP contribution in [0.1, 0.15) is 289 Å². The maximum Gasteiger partial charge on any atom is 0.224 e. The third-order valence-corrected chi connectivity index (χ3v) is 22.7. The zero-order valence-electron chi connectivity index (χ0n) is 66.5. The topological polar surface area (TPSA) is 11.6 Å². The minimum atomic E-state index is 0.0448. The molecule has 0 bridgehead atoms. The molecule has 3 heteroatoms. The van der Waals surface area contributed by atoms with E-state index in [4.69, 9.17) is 0 Å². The van der Waals surface area contributed by atoms with Crippen LogP contribution in [0.3, 0.4) is 0 Å². The average molecular weight is 1330 g/mol. The second-order valence-corrected chi connectivity index (χ2v) is 25.0. The van der Waals surface area contributed by atoms with Crippen LogP contribution < -0.4 is 13.7 Å². The SMILES string of the molecule is CC.CC.CC.CC.CC.CC.CC.CC.CC.CC.CC.CC.c1cc2c3c(c1)-c1cccc[n+]1C31c3ccccc3C3CCC(C2)C31.c1ccc2c(c1)-c1cccc3[n+]1C21c2ccccc2C2CCC(C3)C21.c1ccc2c(c1)-c1cccc3c1C21C2C(CCC2c2cccc[n+]21)C3. The summed E-state index contributed by atoms with van der Waals surface area (Å²) in [6.45, 7) is 48.0. The summed E-state index contributed by atoms with van der Waals surface area (Å²) in [7, 11) is 0. The van der Waals surface area contributed by atoms with Gasteiger partial charge in [0.2, 0.25) is 28.0 Å². The van der Waals surface area contributed by atoms with Gasteiger partial charge in [-0.05, 0) is 139 Å². The van der Waals surface area contributed by atoms with Crippen molar-refractivity contribution in [2.75, 3.05) is 0 Å². The molecule has 8 aliphatic carbocycles. The second-order valence-electron chi connectivity index (χ2n) is 25.0. The van der Waals surface area contributed by atoms with Crippen molar-refractivity contribution in [3.05, 3.63) is 267 Å². The van der Waals surface area contributed by atoms with E-state index in [1.165, 1.54) is 97.1 Å². The van der Waals surface area contributed by atoms with Crippen LogP contribution in [-0.2, 0) is 35.9 Å². The van der Waals surface area contributed by atoms with Crippen molar-refractivity contribution in [1.29, 1.82) is 0 Å². The molecule has 6 aromatic carbocycles. The number of pyridine rings is 3. The van der Waals surface area contributed by atoms with Gasteiger partial charge in [-0.25, -0.2) is 0 Å². The van der Waals surface area contributed by atoms with E-state index < -0.39 is 0 Å². The molecule has 3 spiro atoms. The minimum Gasteiger partial charge on any atom is -0.188 e. The molecule has 3 aromatic heterocycles. The van der Waals surface area contributed by atoms with E-state index >= 15 is 0 Å². The number of fused-ring (bicyclic) bond motifs is 12. The normalized spacial score (nSPS) is 25.0. The average Bonchev–Trinajstić information content (AvgIpc) is 1.51. The fourth-order valence-electron chi connectivity index (χ4n) is 21.1. The first kappa shape index (κ1) is 79.1. The van der Waals surface area contributed by atoms with Crippen molar-refractivity contribution < 1.29 is 13.7 Å². The van der Waals surface area contributed by atoms with Gasteiger partial charge in [0.15, 0.2) is 23.8 Å². The molecule has 0 amide bonds. The Bertz CT molecular complexity index is 3610. The molecule has 12 unspecified atom stereocenters. The summed E-state index contributed by atoms with van der Waals surface area (Å²) >= 11 is 0. The van der Waals surface area contributed by atoms with Gasteiger partial charge in [-0.2, -0.15) is 13.7 Å². The zero-order chi connectivity index (χ0) is 72.5. The molecule has 0 radical (unpaired) electrons. The van der Waals surface area contributed by atoms with Gasteiger partial charge < -0.3 is 0 Å². The molecule has 9 aromatic rings. The highest BCUT2D eigenvalue weighted by Crippen LogP contribution is 2.70. The summed E-state index contributed by atoms with van der Waals surface area (Å²) in [5.74, 6) is 6.84. The van der Waals surface area contributed by atoms with Gasteiger partial charge in [0.05, 0.1) is 17.0 Å². The van der Waals surface area contributed by atoms with E-state index in [0.717, 1.165) is 53.3 Å². The summed E-state index contributed by atoms with van der Waals surface area (Å²) < 4.78 is 8.05. The molecule has 4 aliphatic heterocycles. The minimum absolute atomic E-state index is 0.0448. The Balaban J connectivity index is 0.000000181. The molecule has 0 N–H and O–H groups in total. The van der Waals surface area contributed by atoms with Gasteiger partial charge in [-0.1, -0.05) is 294 Å². The maximum absolute atomic E-state index is 2.74. The van der Waals surface area contributed by atoms with Gasteiger partial charge in [0.25, 0.3) is 0 Å². The standard InChI is InChI=1S/3C24H20N.12C2H6/c1-3-9-20-17(7-1)18-13-12-15-14-16-6-5-11-22-19-8-2-4-10-21(19)24(20,23(15)18)25(16)22;1-2-9-20-17(7-1)18-12-11-16-14-15-6-5-8-19-21-10-3-4-13-25(21)24(20,22(16)18)23(15)19;1-2-9-20-17(7-1)18-8-5-6-15-14-16-11-12-19-21-10-3-4-13-25(21)24(20,22(15)18)23(16)19;12*1-2/h1-11,15,18,23H,12-14H2;1-10,13,16,18,22H,11-12,14H2;1-10,13,16,19,23H,11-12,14H2;12*1-2H3/q3*+1;;;;;;;;;;;;. The van der Waals surface area contributed by atoms with Crippen LogP contribution >= 0.6 is 0 Å². The second kappa shape index (κ2) is 35.9. The monoisotopic (exact) mass is 1330 g/mol. The van der Waals surface area contributed by atoms with E-state index in [1.807, 2.05) is 166 Å². The van der Waals surface area contributed by atoms with Crippen molar-refractivity contribution in [2.45, 2.75) is 258 Å². The van der Waals surface area contributed by atoms with E-state index in [2.05, 4.69) is 214 Å². The molecule has 7 heterocycles. The largest absolute Gasteiger partial charge is 0.224 e. The first-order valence-electron chi connectivity index (χ1n) is 40.9. The Morgan fingerprint density at radius 3 is 1.21 bits per heavy atom. The fraction of sp³-hybridized carbons (Fsp3) is 0.469. The Morgan fingerprint density at radius 1 is 0.273 bits per heavy atom. The van der Waals surface area contributed by atoms with Gasteiger partial charge in [-0.15, -0.1) is 0 Å². The van der Waals surface area contributed by atoms with E-state index in [1.54, 1.807) is 61.3 Å². The van der Waals surface area contributed by atoms with Gasteiger partial charge >= 0.3 is 0 Å². The summed E-state index contributed by atoms with van der Waals surface area (Å²) in [5.41, 5.74) is 27.9. The lowest BCUT2D eigenvalue weighted by Gasteiger charge is -2.38. The van der Waals surface area contributed by atoms with Crippen LogP contribution in [0.15, 0.2) is 200 Å². The number of nitrogens with zero attached hydrogens (tertiary/aromatic N) is 3. The first-order valence-corrected chi connectivity index (χ1v) is 40.9. The quantitative estimate of drug-likeness (QED) is 0.134. The number of hydrogen-bond donors (Lipinski definition) is 0. The van der Waals surface area contributed by atoms with Crippen LogP contribution in [0.2, 0.25) is 0 Å². The predicted octanol–water partition coefficient (Wildman–Crippen LogP) is 25.6. The van der Waals surface area contributed by atoms with Crippen molar-refractivity contribution in [3.8, 4) is 33.6 Å². The Morgan fingerprint density at radius 2 is 0.646 bits per heavy atom. The highest BCUT2D eigenvalue weighted by Gasteiger charge is 2.73. The Hall–Kier alpha value is -7.23. The third-order valence-electron chi connectivity index (χ3n) is 22.7. The molecule has 528 valence electrons. The van der Waals surface area contributed by atoms with Gasteiger partial charge in [0, 0.05) is 94.0 Å². The first-order chi connectivity index (χ1) is 49.2. The van der Waals surface area contributed by atoms with Crippen molar-refractivity contribution >= 4 is 0 Å². The number of hydrogen-bond acceptors (Lipinski definition) is 0. The highest BCUT2D eigenvalue weighted by molar-refractivity contribution is 5.83. The fourth-order valence-corrected chi connectivity index (χ4v) is 21.1. The van der Waals surface area contributed by atoms with Crippen molar-refractivity contribution in [3.63, 3.8) is 0 Å². The van der Waals surface area contributed by atoms with Crippen LogP contribution in [0.25, 0.3) is 33.6 Å². The lowest BCUT2D eigenvalue weighted by molar-refractivity contribution is -0.749. The Labute approximate surface area is 605 Å². The smallest absolute Gasteiger partial charge is 0.188 e. The summed E-state index contributed by atoms with van der Waals surface area (Å²) in [6, 6.07) is 71.7. The lowest BCUT2D eigenvalue weighted by Crippen LogP contribution is -2.64.